The standard InChI is InChI=1S/C13H17N3O2/c1-9-4-10(6-14-5-9)8-16-11(17)7-15-12(18)13(16,2)3/h4-6H,7-8H2,1-3H3,(H,15,18). The molecule has 0 aromatic carbocycles. The average Bonchev–Trinajstić information content (AvgIpc) is 2.30. The topological polar surface area (TPSA) is 62.3 Å². The number of amides is 2. The number of pyridine rings is 1. The van der Waals surface area contributed by atoms with E-state index in [-0.39, 0.29) is 18.4 Å². The second-order valence-electron chi connectivity index (χ2n) is 5.09. The Hall–Kier alpha value is -1.91. The molecule has 1 fully saturated rings. The molecule has 0 aliphatic carbocycles. The van der Waals surface area contributed by atoms with Gasteiger partial charge in [0.25, 0.3) is 0 Å². The average molecular weight is 247 g/mol. The largest absolute Gasteiger partial charge is 0.345 e. The number of piperazine rings is 1. The van der Waals surface area contributed by atoms with Gasteiger partial charge in [-0.05, 0) is 31.9 Å². The van der Waals surface area contributed by atoms with E-state index in [1.807, 2.05) is 13.0 Å². The first kappa shape index (κ1) is 12.5. The van der Waals surface area contributed by atoms with Crippen LogP contribution in [0.2, 0.25) is 0 Å². The quantitative estimate of drug-likeness (QED) is 0.833. The number of carbonyl (C=O) groups is 2. The third kappa shape index (κ3) is 2.20. The molecule has 96 valence electrons. The van der Waals surface area contributed by atoms with Crippen LogP contribution in [0, 0.1) is 6.92 Å². The molecule has 5 nitrogen and oxygen atoms in total. The van der Waals surface area contributed by atoms with Crippen molar-refractivity contribution in [1.82, 2.24) is 15.2 Å². The van der Waals surface area contributed by atoms with Crippen LogP contribution in [0.3, 0.4) is 0 Å². The maximum atomic E-state index is 11.9. The van der Waals surface area contributed by atoms with Crippen molar-refractivity contribution in [3.63, 3.8) is 0 Å². The lowest BCUT2D eigenvalue weighted by molar-refractivity contribution is -0.152. The van der Waals surface area contributed by atoms with Crippen LogP contribution in [0.1, 0.15) is 25.0 Å². The summed E-state index contributed by atoms with van der Waals surface area (Å²) in [6.45, 7) is 5.94. The number of nitrogens with zero attached hydrogens (tertiary/aromatic N) is 2. The number of hydrogen-bond acceptors (Lipinski definition) is 3. The summed E-state index contributed by atoms with van der Waals surface area (Å²) >= 11 is 0. The summed E-state index contributed by atoms with van der Waals surface area (Å²) in [5, 5.41) is 2.60. The number of aryl methyl sites for hydroxylation is 1. The summed E-state index contributed by atoms with van der Waals surface area (Å²) in [5.74, 6) is -0.191. The van der Waals surface area contributed by atoms with Crippen LogP contribution in [-0.4, -0.2) is 33.8 Å². The molecule has 0 unspecified atom stereocenters. The molecule has 1 aliphatic rings. The zero-order chi connectivity index (χ0) is 13.3. The Morgan fingerprint density at radius 2 is 2.11 bits per heavy atom. The van der Waals surface area contributed by atoms with E-state index in [0.29, 0.717) is 6.54 Å². The predicted molar refractivity (Wildman–Crippen MR) is 66.6 cm³/mol. The second kappa shape index (κ2) is 4.40. The number of rotatable bonds is 2. The van der Waals surface area contributed by atoms with E-state index in [2.05, 4.69) is 10.3 Å². The molecule has 2 amide bonds. The molecule has 0 atom stereocenters. The van der Waals surface area contributed by atoms with Crippen molar-refractivity contribution in [2.75, 3.05) is 6.54 Å². The fourth-order valence-electron chi connectivity index (χ4n) is 2.07. The zero-order valence-electron chi connectivity index (χ0n) is 10.9. The Morgan fingerprint density at radius 3 is 2.78 bits per heavy atom. The van der Waals surface area contributed by atoms with E-state index in [4.69, 9.17) is 0 Å². The molecule has 1 aromatic heterocycles. The van der Waals surface area contributed by atoms with E-state index >= 15 is 0 Å². The second-order valence-corrected chi connectivity index (χ2v) is 5.09. The number of carbonyl (C=O) groups excluding carboxylic acids is 2. The van der Waals surface area contributed by atoms with Gasteiger partial charge in [-0.3, -0.25) is 14.6 Å². The summed E-state index contributed by atoms with van der Waals surface area (Å²) < 4.78 is 0. The van der Waals surface area contributed by atoms with Gasteiger partial charge in [0.2, 0.25) is 11.8 Å². The van der Waals surface area contributed by atoms with Gasteiger partial charge in [0.05, 0.1) is 6.54 Å². The van der Waals surface area contributed by atoms with Gasteiger partial charge in [-0.15, -0.1) is 0 Å². The van der Waals surface area contributed by atoms with Crippen molar-refractivity contribution in [2.45, 2.75) is 32.9 Å². The fourth-order valence-corrected chi connectivity index (χ4v) is 2.07. The molecule has 1 saturated heterocycles. The van der Waals surface area contributed by atoms with Crippen LogP contribution in [0.4, 0.5) is 0 Å². The molecule has 2 heterocycles. The first-order valence-corrected chi connectivity index (χ1v) is 5.90. The molecule has 0 radical (unpaired) electrons. The van der Waals surface area contributed by atoms with Crippen LogP contribution >= 0.6 is 0 Å². The Bertz CT molecular complexity index is 497. The molecule has 18 heavy (non-hydrogen) atoms. The number of aromatic nitrogens is 1. The molecule has 1 aliphatic heterocycles. The normalized spacial score (nSPS) is 18.7. The van der Waals surface area contributed by atoms with Gasteiger partial charge >= 0.3 is 0 Å². The molecular weight excluding hydrogens is 230 g/mol. The first-order chi connectivity index (χ1) is 8.41. The third-order valence-electron chi connectivity index (χ3n) is 3.20. The van der Waals surface area contributed by atoms with E-state index in [1.165, 1.54) is 0 Å². The Morgan fingerprint density at radius 1 is 1.39 bits per heavy atom. The molecule has 0 bridgehead atoms. The van der Waals surface area contributed by atoms with Gasteiger partial charge in [-0.1, -0.05) is 6.07 Å². The molecule has 2 rings (SSSR count). The lowest BCUT2D eigenvalue weighted by atomic mass is 9.97. The minimum Gasteiger partial charge on any atom is -0.345 e. The van der Waals surface area contributed by atoms with Gasteiger partial charge in [0.15, 0.2) is 0 Å². The van der Waals surface area contributed by atoms with E-state index in [1.54, 1.807) is 31.1 Å². The van der Waals surface area contributed by atoms with Gasteiger partial charge in [0.1, 0.15) is 5.54 Å². The molecule has 1 N–H and O–H groups in total. The van der Waals surface area contributed by atoms with Gasteiger partial charge in [-0.25, -0.2) is 0 Å². The minimum absolute atomic E-state index is 0.0684. The van der Waals surface area contributed by atoms with E-state index < -0.39 is 5.54 Å². The Labute approximate surface area is 106 Å². The maximum absolute atomic E-state index is 11.9. The van der Waals surface area contributed by atoms with Crippen LogP contribution in [-0.2, 0) is 16.1 Å². The van der Waals surface area contributed by atoms with Crippen molar-refractivity contribution >= 4 is 11.8 Å². The highest BCUT2D eigenvalue weighted by atomic mass is 16.2. The van der Waals surface area contributed by atoms with Crippen molar-refractivity contribution < 1.29 is 9.59 Å². The minimum atomic E-state index is -0.820. The highest BCUT2D eigenvalue weighted by Gasteiger charge is 2.41. The molecule has 0 saturated carbocycles. The van der Waals surface area contributed by atoms with Crippen molar-refractivity contribution in [3.05, 3.63) is 29.6 Å². The molecule has 5 heteroatoms. The molecular formula is C13H17N3O2. The van der Waals surface area contributed by atoms with Crippen molar-refractivity contribution in [3.8, 4) is 0 Å². The SMILES string of the molecule is Cc1cncc(CN2C(=O)CNC(=O)C2(C)C)c1. The lowest BCUT2D eigenvalue weighted by Gasteiger charge is -2.41. The van der Waals surface area contributed by atoms with Crippen LogP contribution in [0.5, 0.6) is 0 Å². The summed E-state index contributed by atoms with van der Waals surface area (Å²) in [6.07, 6.45) is 3.49. The number of hydrogen-bond donors (Lipinski definition) is 1. The summed E-state index contributed by atoms with van der Waals surface area (Å²) in [5.41, 5.74) is 1.16. The fraction of sp³-hybridized carbons (Fsp3) is 0.462. The van der Waals surface area contributed by atoms with Crippen LogP contribution in [0.25, 0.3) is 0 Å². The highest BCUT2D eigenvalue weighted by molar-refractivity contribution is 5.97. The highest BCUT2D eigenvalue weighted by Crippen LogP contribution is 2.21. The van der Waals surface area contributed by atoms with E-state index in [0.717, 1.165) is 11.1 Å². The van der Waals surface area contributed by atoms with Gasteiger partial charge < -0.3 is 10.2 Å². The molecule has 1 aromatic rings. The summed E-state index contributed by atoms with van der Waals surface area (Å²) in [6, 6.07) is 1.98. The van der Waals surface area contributed by atoms with Crippen LogP contribution in [0.15, 0.2) is 18.5 Å². The Kier molecular flexibility index (Phi) is 3.07. The lowest BCUT2D eigenvalue weighted by Crippen LogP contribution is -2.63. The monoisotopic (exact) mass is 247 g/mol. The summed E-state index contributed by atoms with van der Waals surface area (Å²) in [7, 11) is 0. The number of nitrogens with one attached hydrogen (secondary N) is 1. The summed E-state index contributed by atoms with van der Waals surface area (Å²) in [4.78, 5) is 29.4. The van der Waals surface area contributed by atoms with Gasteiger partial charge in [0, 0.05) is 18.9 Å². The first-order valence-electron chi connectivity index (χ1n) is 5.90. The maximum Gasteiger partial charge on any atom is 0.245 e. The van der Waals surface area contributed by atoms with Crippen LogP contribution < -0.4 is 5.32 Å². The predicted octanol–water partition coefficient (Wildman–Crippen LogP) is 0.627. The van der Waals surface area contributed by atoms with Crippen molar-refractivity contribution in [1.29, 1.82) is 0 Å². The third-order valence-corrected chi connectivity index (χ3v) is 3.20. The van der Waals surface area contributed by atoms with Gasteiger partial charge in [-0.2, -0.15) is 0 Å². The Balaban J connectivity index is 2.25. The smallest absolute Gasteiger partial charge is 0.245 e. The zero-order valence-corrected chi connectivity index (χ0v) is 10.9. The van der Waals surface area contributed by atoms with E-state index in [9.17, 15) is 9.59 Å². The molecule has 0 spiro atoms. The van der Waals surface area contributed by atoms with Crippen molar-refractivity contribution in [2.24, 2.45) is 0 Å².